The second kappa shape index (κ2) is 10.4. The van der Waals surface area contributed by atoms with Gasteiger partial charge in [0.05, 0.1) is 19.8 Å². The van der Waals surface area contributed by atoms with Gasteiger partial charge in [0.25, 0.3) is 0 Å². The van der Waals surface area contributed by atoms with E-state index in [1.54, 1.807) is 4.90 Å². The highest BCUT2D eigenvalue weighted by atomic mass is 16.5. The highest BCUT2D eigenvalue weighted by molar-refractivity contribution is 5.92. The zero-order valence-electron chi connectivity index (χ0n) is 15.7. The van der Waals surface area contributed by atoms with Crippen molar-refractivity contribution >= 4 is 17.7 Å². The number of nitrogens with one attached hydrogen (secondary N) is 2. The lowest BCUT2D eigenvalue weighted by Crippen LogP contribution is -2.57. The van der Waals surface area contributed by atoms with Crippen LogP contribution in [0.3, 0.4) is 0 Å². The van der Waals surface area contributed by atoms with Crippen LogP contribution in [0.1, 0.15) is 34.1 Å². The smallest absolute Gasteiger partial charge is 0.245 e. The van der Waals surface area contributed by atoms with E-state index in [2.05, 4.69) is 10.6 Å². The van der Waals surface area contributed by atoms with Gasteiger partial charge < -0.3 is 26.0 Å². The molecule has 144 valence electrons. The Hall–Kier alpha value is -1.67. The topological polar surface area (TPSA) is 114 Å². The molecule has 1 fully saturated rings. The van der Waals surface area contributed by atoms with Crippen LogP contribution < -0.4 is 16.4 Å². The van der Waals surface area contributed by atoms with Gasteiger partial charge in [-0.3, -0.25) is 14.4 Å². The first kappa shape index (κ1) is 21.4. The average Bonchev–Trinajstić information content (AvgIpc) is 2.58. The van der Waals surface area contributed by atoms with Gasteiger partial charge in [0.2, 0.25) is 17.7 Å². The fourth-order valence-electron chi connectivity index (χ4n) is 2.73. The van der Waals surface area contributed by atoms with E-state index in [1.165, 1.54) is 0 Å². The van der Waals surface area contributed by atoms with Gasteiger partial charge in [-0.15, -0.1) is 0 Å². The molecular formula is C17H32N4O4. The summed E-state index contributed by atoms with van der Waals surface area (Å²) >= 11 is 0. The van der Waals surface area contributed by atoms with Crippen LogP contribution in [0, 0.1) is 11.8 Å². The van der Waals surface area contributed by atoms with Crippen LogP contribution in [0.15, 0.2) is 0 Å². The summed E-state index contributed by atoms with van der Waals surface area (Å²) in [6.07, 6.45) is 0.539. The number of hydrogen-bond acceptors (Lipinski definition) is 5. The standard InChI is InChI=1S/C17H32N4O4/c1-11(2)9-13(17(24)21-5-7-25-8-6-21)19-16(23)15(12(3)4)20-14(22)10-18/h11-13,15H,5-10,18H2,1-4H3,(H,19,23)(H,20,22)/t13-,15+/m0/s1. The molecular weight excluding hydrogens is 324 g/mol. The maximum Gasteiger partial charge on any atom is 0.245 e. The fourth-order valence-corrected chi connectivity index (χ4v) is 2.73. The molecule has 0 bridgehead atoms. The molecule has 0 aromatic heterocycles. The van der Waals surface area contributed by atoms with Crippen LogP contribution in [0.25, 0.3) is 0 Å². The Morgan fingerprint density at radius 2 is 1.68 bits per heavy atom. The van der Waals surface area contributed by atoms with Gasteiger partial charge >= 0.3 is 0 Å². The molecule has 8 heteroatoms. The van der Waals surface area contributed by atoms with Crippen LogP contribution in [0.2, 0.25) is 0 Å². The summed E-state index contributed by atoms with van der Waals surface area (Å²) in [5.41, 5.74) is 5.32. The number of nitrogens with zero attached hydrogens (tertiary/aromatic N) is 1. The van der Waals surface area contributed by atoms with Crippen LogP contribution >= 0.6 is 0 Å². The minimum Gasteiger partial charge on any atom is -0.378 e. The molecule has 8 nitrogen and oxygen atoms in total. The van der Waals surface area contributed by atoms with E-state index in [-0.39, 0.29) is 30.2 Å². The lowest BCUT2D eigenvalue weighted by atomic mass is 9.99. The summed E-state index contributed by atoms with van der Waals surface area (Å²) in [5.74, 6) is -0.726. The molecule has 1 heterocycles. The maximum absolute atomic E-state index is 12.8. The molecule has 0 unspecified atom stereocenters. The Bertz CT molecular complexity index is 462. The number of amides is 3. The van der Waals surface area contributed by atoms with Crippen molar-refractivity contribution < 1.29 is 19.1 Å². The molecule has 1 aliphatic rings. The van der Waals surface area contributed by atoms with Crippen LogP contribution in [0.4, 0.5) is 0 Å². The van der Waals surface area contributed by atoms with Crippen LogP contribution in [-0.2, 0) is 19.1 Å². The fraction of sp³-hybridized carbons (Fsp3) is 0.824. The van der Waals surface area contributed by atoms with E-state index in [9.17, 15) is 14.4 Å². The monoisotopic (exact) mass is 356 g/mol. The number of nitrogens with two attached hydrogens (primary N) is 1. The molecule has 3 amide bonds. The number of ether oxygens (including phenoxy) is 1. The van der Waals surface area contributed by atoms with Gasteiger partial charge in [-0.1, -0.05) is 27.7 Å². The van der Waals surface area contributed by atoms with Crippen molar-refractivity contribution in [3.8, 4) is 0 Å². The first-order valence-corrected chi connectivity index (χ1v) is 8.92. The van der Waals surface area contributed by atoms with E-state index in [0.29, 0.717) is 32.7 Å². The Kier molecular flexibility index (Phi) is 8.85. The van der Waals surface area contributed by atoms with Crippen LogP contribution in [0.5, 0.6) is 0 Å². The van der Waals surface area contributed by atoms with E-state index in [4.69, 9.17) is 10.5 Å². The van der Waals surface area contributed by atoms with Crippen molar-refractivity contribution in [3.63, 3.8) is 0 Å². The van der Waals surface area contributed by atoms with Crippen molar-refractivity contribution in [2.24, 2.45) is 17.6 Å². The Balaban J connectivity index is 2.81. The van der Waals surface area contributed by atoms with Gasteiger partial charge in [-0.05, 0) is 18.3 Å². The molecule has 25 heavy (non-hydrogen) atoms. The number of carbonyl (C=O) groups is 3. The molecule has 0 saturated carbocycles. The number of rotatable bonds is 8. The molecule has 0 radical (unpaired) electrons. The zero-order chi connectivity index (χ0) is 19.0. The summed E-state index contributed by atoms with van der Waals surface area (Å²) in [5, 5.41) is 5.45. The molecule has 1 aliphatic heterocycles. The molecule has 1 rings (SSSR count). The van der Waals surface area contributed by atoms with Crippen molar-refractivity contribution in [2.45, 2.75) is 46.2 Å². The predicted molar refractivity (Wildman–Crippen MR) is 94.6 cm³/mol. The summed E-state index contributed by atoms with van der Waals surface area (Å²) < 4.78 is 5.28. The molecule has 1 saturated heterocycles. The van der Waals surface area contributed by atoms with Crippen molar-refractivity contribution in [3.05, 3.63) is 0 Å². The minimum atomic E-state index is -0.719. The molecule has 0 aromatic carbocycles. The summed E-state index contributed by atoms with van der Waals surface area (Å²) in [4.78, 5) is 38.7. The summed E-state index contributed by atoms with van der Waals surface area (Å²) in [7, 11) is 0. The SMILES string of the molecule is CC(C)C[C@H](NC(=O)[C@H](NC(=O)CN)C(C)C)C(=O)N1CCOCC1. The molecule has 0 spiro atoms. The third kappa shape index (κ3) is 6.99. The number of hydrogen-bond donors (Lipinski definition) is 3. The highest BCUT2D eigenvalue weighted by Crippen LogP contribution is 2.11. The second-order valence-electron chi connectivity index (χ2n) is 7.12. The first-order valence-electron chi connectivity index (χ1n) is 8.92. The second-order valence-corrected chi connectivity index (χ2v) is 7.12. The third-order valence-electron chi connectivity index (χ3n) is 4.10. The van der Waals surface area contributed by atoms with Crippen LogP contribution in [-0.4, -0.2) is 67.6 Å². The summed E-state index contributed by atoms with van der Waals surface area (Å²) in [6.45, 7) is 9.57. The largest absolute Gasteiger partial charge is 0.378 e. The van der Waals surface area contributed by atoms with Crippen molar-refractivity contribution in [2.75, 3.05) is 32.8 Å². The summed E-state index contributed by atoms with van der Waals surface area (Å²) in [6, 6.07) is -1.33. The van der Waals surface area contributed by atoms with E-state index in [0.717, 1.165) is 0 Å². The number of carbonyl (C=O) groups excluding carboxylic acids is 3. The maximum atomic E-state index is 12.8. The average molecular weight is 356 g/mol. The van der Waals surface area contributed by atoms with Gasteiger partial charge in [0.15, 0.2) is 0 Å². The van der Waals surface area contributed by atoms with Gasteiger partial charge in [0, 0.05) is 13.1 Å². The van der Waals surface area contributed by atoms with E-state index < -0.39 is 18.0 Å². The molecule has 4 N–H and O–H groups in total. The molecule has 0 aromatic rings. The predicted octanol–water partition coefficient (Wildman–Crippen LogP) is -0.524. The Morgan fingerprint density at radius 1 is 1.08 bits per heavy atom. The van der Waals surface area contributed by atoms with E-state index >= 15 is 0 Å². The van der Waals surface area contributed by atoms with Gasteiger partial charge in [-0.2, -0.15) is 0 Å². The number of morpholine rings is 1. The highest BCUT2D eigenvalue weighted by Gasteiger charge is 2.31. The van der Waals surface area contributed by atoms with Gasteiger partial charge in [-0.25, -0.2) is 0 Å². The lowest BCUT2D eigenvalue weighted by Gasteiger charge is -2.32. The van der Waals surface area contributed by atoms with Crippen molar-refractivity contribution in [1.82, 2.24) is 15.5 Å². The lowest BCUT2D eigenvalue weighted by molar-refractivity contribution is -0.141. The quantitative estimate of drug-likeness (QED) is 0.541. The molecule has 2 atom stereocenters. The third-order valence-corrected chi connectivity index (χ3v) is 4.10. The Labute approximate surface area is 149 Å². The zero-order valence-corrected chi connectivity index (χ0v) is 15.7. The minimum absolute atomic E-state index is 0.0991. The normalized spacial score (nSPS) is 17.3. The van der Waals surface area contributed by atoms with Gasteiger partial charge in [0.1, 0.15) is 12.1 Å². The first-order chi connectivity index (χ1) is 11.8. The van der Waals surface area contributed by atoms with Crippen molar-refractivity contribution in [1.29, 1.82) is 0 Å². The molecule has 0 aliphatic carbocycles. The van der Waals surface area contributed by atoms with E-state index in [1.807, 2.05) is 27.7 Å². The Morgan fingerprint density at radius 3 is 2.16 bits per heavy atom.